The van der Waals surface area contributed by atoms with Gasteiger partial charge in [-0.1, -0.05) is 24.3 Å². The zero-order chi connectivity index (χ0) is 20.5. The zero-order valence-corrected chi connectivity index (χ0v) is 15.8. The van der Waals surface area contributed by atoms with Gasteiger partial charge in [-0.3, -0.25) is 9.59 Å². The van der Waals surface area contributed by atoms with E-state index in [2.05, 4.69) is 0 Å². The molecule has 2 aromatic rings. The number of carboxylic acids is 1. The molecule has 6 nitrogen and oxygen atoms in total. The van der Waals surface area contributed by atoms with Gasteiger partial charge in [0, 0.05) is 38.0 Å². The molecule has 0 fully saturated rings. The van der Waals surface area contributed by atoms with Crippen molar-refractivity contribution >= 4 is 23.5 Å². The largest absolute Gasteiger partial charge is 0.480 e. The second-order valence-electron chi connectivity index (χ2n) is 7.42. The lowest BCUT2D eigenvalue weighted by atomic mass is 9.93. The minimum Gasteiger partial charge on any atom is -0.480 e. The molecule has 0 radical (unpaired) electrons. The van der Waals surface area contributed by atoms with Gasteiger partial charge in [-0.25, -0.2) is 9.18 Å². The van der Waals surface area contributed by atoms with Crippen LogP contribution in [0.25, 0.3) is 0 Å². The van der Waals surface area contributed by atoms with Gasteiger partial charge in [0.15, 0.2) is 0 Å². The smallest absolute Gasteiger partial charge is 0.326 e. The number of amides is 2. The molecule has 0 aliphatic carbocycles. The number of carboxylic acid groups (broad SMARTS) is 1. The molecule has 7 heteroatoms. The van der Waals surface area contributed by atoms with Gasteiger partial charge in [0.1, 0.15) is 11.9 Å². The van der Waals surface area contributed by atoms with Gasteiger partial charge in [0.25, 0.3) is 0 Å². The Labute approximate surface area is 167 Å². The summed E-state index contributed by atoms with van der Waals surface area (Å²) in [5.41, 5.74) is 3.24. The first-order valence-corrected chi connectivity index (χ1v) is 9.62. The normalized spacial score (nSPS) is 18.2. The Morgan fingerprint density at radius 3 is 2.59 bits per heavy atom. The van der Waals surface area contributed by atoms with Crippen LogP contribution in [0.1, 0.15) is 29.5 Å². The van der Waals surface area contributed by atoms with E-state index in [0.29, 0.717) is 12.1 Å². The summed E-state index contributed by atoms with van der Waals surface area (Å²) in [4.78, 5) is 39.9. The zero-order valence-electron chi connectivity index (χ0n) is 15.8. The van der Waals surface area contributed by atoms with Crippen LogP contribution < -0.4 is 4.90 Å². The number of rotatable bonds is 4. The number of halogens is 1. The monoisotopic (exact) mass is 396 g/mol. The first-order valence-electron chi connectivity index (χ1n) is 9.62. The fraction of sp³-hybridized carbons (Fsp3) is 0.318. The molecule has 0 aromatic heterocycles. The van der Waals surface area contributed by atoms with Crippen LogP contribution in [0.2, 0.25) is 0 Å². The number of hydrogen-bond acceptors (Lipinski definition) is 3. The molecule has 0 saturated heterocycles. The lowest BCUT2D eigenvalue weighted by Gasteiger charge is -2.35. The van der Waals surface area contributed by atoms with Crippen LogP contribution in [0.15, 0.2) is 42.5 Å². The molecule has 2 aliphatic heterocycles. The molecular formula is C22H21FN2O4. The van der Waals surface area contributed by atoms with Crippen LogP contribution in [0.3, 0.4) is 0 Å². The van der Waals surface area contributed by atoms with Gasteiger partial charge in [-0.2, -0.15) is 0 Å². The summed E-state index contributed by atoms with van der Waals surface area (Å²) in [5.74, 6) is -1.82. The van der Waals surface area contributed by atoms with Gasteiger partial charge in [-0.05, 0) is 41.3 Å². The standard InChI is InChI=1S/C22H21FN2O4/c23-17-6-7-18-15(11-17)5-8-20(26)24(18)10-9-21(27)25-13-16-4-2-1-3-14(16)12-19(25)22(28)29/h1-4,6-7,11,19H,5,8-10,12-13H2,(H,28,29)/t19-/m0/s1. The van der Waals surface area contributed by atoms with Crippen molar-refractivity contribution in [3.05, 3.63) is 65.0 Å². The van der Waals surface area contributed by atoms with Gasteiger partial charge >= 0.3 is 5.97 Å². The van der Waals surface area contributed by atoms with E-state index >= 15 is 0 Å². The molecule has 2 amide bonds. The number of carbonyl (C=O) groups is 3. The van der Waals surface area contributed by atoms with E-state index in [0.717, 1.165) is 16.7 Å². The SMILES string of the molecule is O=C(O)[C@@H]1Cc2ccccc2CN1C(=O)CCN1C(=O)CCc2cc(F)ccc21. The molecule has 4 rings (SSSR count). The average molecular weight is 396 g/mol. The van der Waals surface area contributed by atoms with Crippen molar-refractivity contribution in [3.63, 3.8) is 0 Å². The summed E-state index contributed by atoms with van der Waals surface area (Å²) in [6, 6.07) is 10.9. The van der Waals surface area contributed by atoms with E-state index in [1.807, 2.05) is 24.3 Å². The number of carbonyl (C=O) groups excluding carboxylic acids is 2. The third-order valence-electron chi connectivity index (χ3n) is 5.64. The van der Waals surface area contributed by atoms with Crippen LogP contribution >= 0.6 is 0 Å². The maximum atomic E-state index is 13.5. The fourth-order valence-corrected chi connectivity index (χ4v) is 4.13. The predicted molar refractivity (Wildman–Crippen MR) is 104 cm³/mol. The van der Waals surface area contributed by atoms with Crippen LogP contribution in [-0.2, 0) is 33.8 Å². The summed E-state index contributed by atoms with van der Waals surface area (Å²) >= 11 is 0. The minimum absolute atomic E-state index is 0.00844. The highest BCUT2D eigenvalue weighted by molar-refractivity contribution is 5.97. The Hall–Kier alpha value is -3.22. The summed E-state index contributed by atoms with van der Waals surface area (Å²) in [6.45, 7) is 0.377. The number of benzene rings is 2. The van der Waals surface area contributed by atoms with Crippen molar-refractivity contribution < 1.29 is 23.9 Å². The quantitative estimate of drug-likeness (QED) is 0.862. The van der Waals surface area contributed by atoms with Crippen molar-refractivity contribution in [1.29, 1.82) is 0 Å². The molecule has 1 atom stereocenters. The second-order valence-corrected chi connectivity index (χ2v) is 7.42. The van der Waals surface area contributed by atoms with E-state index < -0.39 is 12.0 Å². The summed E-state index contributed by atoms with van der Waals surface area (Å²) in [5, 5.41) is 9.60. The molecule has 29 heavy (non-hydrogen) atoms. The van der Waals surface area contributed by atoms with Gasteiger partial charge < -0.3 is 14.9 Å². The first kappa shape index (κ1) is 19.1. The maximum absolute atomic E-state index is 13.5. The van der Waals surface area contributed by atoms with E-state index in [4.69, 9.17) is 0 Å². The van der Waals surface area contributed by atoms with Crippen molar-refractivity contribution in [1.82, 2.24) is 4.90 Å². The Balaban J connectivity index is 1.51. The van der Waals surface area contributed by atoms with Gasteiger partial charge in [-0.15, -0.1) is 0 Å². The molecule has 0 unspecified atom stereocenters. The predicted octanol–water partition coefficient (Wildman–Crippen LogP) is 2.53. The Morgan fingerprint density at radius 1 is 1.07 bits per heavy atom. The highest BCUT2D eigenvalue weighted by Gasteiger charge is 2.35. The number of hydrogen-bond donors (Lipinski definition) is 1. The van der Waals surface area contributed by atoms with Crippen LogP contribution in [0.4, 0.5) is 10.1 Å². The lowest BCUT2D eigenvalue weighted by molar-refractivity contribution is -0.151. The minimum atomic E-state index is -1.04. The highest BCUT2D eigenvalue weighted by Crippen LogP contribution is 2.29. The topological polar surface area (TPSA) is 77.9 Å². The highest BCUT2D eigenvalue weighted by atomic mass is 19.1. The average Bonchev–Trinajstić information content (AvgIpc) is 2.71. The summed E-state index contributed by atoms with van der Waals surface area (Å²) < 4.78 is 13.5. The molecule has 2 aliphatic rings. The molecule has 2 heterocycles. The molecule has 2 aromatic carbocycles. The van der Waals surface area contributed by atoms with Crippen LogP contribution in [-0.4, -0.2) is 40.4 Å². The summed E-state index contributed by atoms with van der Waals surface area (Å²) in [7, 11) is 0. The number of aliphatic carboxylic acids is 1. The van der Waals surface area contributed by atoms with E-state index in [1.54, 1.807) is 6.07 Å². The third-order valence-corrected chi connectivity index (χ3v) is 5.64. The fourth-order valence-electron chi connectivity index (χ4n) is 4.13. The number of nitrogens with zero attached hydrogens (tertiary/aromatic N) is 2. The van der Waals surface area contributed by atoms with Crippen molar-refractivity contribution in [2.24, 2.45) is 0 Å². The van der Waals surface area contributed by atoms with E-state index in [-0.39, 0.29) is 50.0 Å². The van der Waals surface area contributed by atoms with Crippen molar-refractivity contribution in [2.45, 2.75) is 38.3 Å². The molecule has 0 spiro atoms. The van der Waals surface area contributed by atoms with Gasteiger partial charge in [0.05, 0.1) is 0 Å². The Morgan fingerprint density at radius 2 is 1.83 bits per heavy atom. The van der Waals surface area contributed by atoms with E-state index in [1.165, 1.54) is 21.9 Å². The lowest BCUT2D eigenvalue weighted by Crippen LogP contribution is -2.49. The summed E-state index contributed by atoms with van der Waals surface area (Å²) in [6.07, 6.45) is 1.01. The molecule has 0 saturated carbocycles. The Kier molecular flexibility index (Phi) is 5.05. The molecule has 0 bridgehead atoms. The van der Waals surface area contributed by atoms with Crippen molar-refractivity contribution in [3.8, 4) is 0 Å². The second kappa shape index (κ2) is 7.66. The number of anilines is 1. The first-order chi connectivity index (χ1) is 13.9. The molecular weight excluding hydrogens is 375 g/mol. The van der Waals surface area contributed by atoms with Gasteiger partial charge in [0.2, 0.25) is 11.8 Å². The number of fused-ring (bicyclic) bond motifs is 2. The van der Waals surface area contributed by atoms with E-state index in [9.17, 15) is 23.9 Å². The molecule has 150 valence electrons. The Bertz CT molecular complexity index is 991. The van der Waals surface area contributed by atoms with Crippen LogP contribution in [0, 0.1) is 5.82 Å². The number of aryl methyl sites for hydroxylation is 1. The molecule has 1 N–H and O–H groups in total. The van der Waals surface area contributed by atoms with Crippen molar-refractivity contribution in [2.75, 3.05) is 11.4 Å². The van der Waals surface area contributed by atoms with Crippen LogP contribution in [0.5, 0.6) is 0 Å². The third kappa shape index (κ3) is 3.72. The maximum Gasteiger partial charge on any atom is 0.326 e.